The van der Waals surface area contributed by atoms with Gasteiger partial charge in [0.1, 0.15) is 17.2 Å². The highest BCUT2D eigenvalue weighted by molar-refractivity contribution is 6.55. The molecule has 0 N–H and O–H groups in total. The molecule has 0 spiro atoms. The Bertz CT molecular complexity index is 634. The molecule has 0 aliphatic carbocycles. The smallest absolute Gasteiger partial charge is 0.496 e. The number of ether oxygens (including phenoxy) is 3. The standard InChI is InChI=1S/C19H28BFO5/c1-18(2)19(3,4)26-20(25-18)17(21)13(11-12-22-5)16-14(23-6)9-8-10-15(16)24-7/h8-10H,11-12H2,1-7H3. The maximum atomic E-state index is 15.6. The first-order chi connectivity index (χ1) is 12.2. The van der Waals surface area contributed by atoms with Gasteiger partial charge in [-0.05, 0) is 51.8 Å². The summed E-state index contributed by atoms with van der Waals surface area (Å²) in [5, 5.41) is 0. The molecule has 0 aromatic heterocycles. The number of halogens is 1. The van der Waals surface area contributed by atoms with Crippen LogP contribution in [-0.2, 0) is 14.0 Å². The van der Waals surface area contributed by atoms with E-state index in [1.54, 1.807) is 39.5 Å². The highest BCUT2D eigenvalue weighted by Gasteiger charge is 2.53. The Morgan fingerprint density at radius 1 is 1.00 bits per heavy atom. The van der Waals surface area contributed by atoms with Gasteiger partial charge in [-0.3, -0.25) is 0 Å². The molecule has 1 aliphatic rings. The second kappa shape index (κ2) is 7.98. The van der Waals surface area contributed by atoms with Gasteiger partial charge in [0, 0.05) is 7.11 Å². The van der Waals surface area contributed by atoms with E-state index >= 15 is 4.39 Å². The maximum Gasteiger partial charge on any atom is 0.525 e. The highest BCUT2D eigenvalue weighted by atomic mass is 19.1. The number of benzene rings is 1. The van der Waals surface area contributed by atoms with Crippen LogP contribution in [0.3, 0.4) is 0 Å². The van der Waals surface area contributed by atoms with Crippen molar-refractivity contribution >= 4 is 12.7 Å². The Kier molecular flexibility index (Phi) is 6.37. The summed E-state index contributed by atoms with van der Waals surface area (Å²) in [4.78, 5) is 0. The van der Waals surface area contributed by atoms with Crippen LogP contribution >= 0.6 is 0 Å². The van der Waals surface area contributed by atoms with Crippen molar-refractivity contribution in [3.63, 3.8) is 0 Å². The molecule has 1 saturated heterocycles. The number of rotatable bonds is 7. The predicted molar refractivity (Wildman–Crippen MR) is 100 cm³/mol. The van der Waals surface area contributed by atoms with Crippen LogP contribution in [0.1, 0.15) is 39.7 Å². The van der Waals surface area contributed by atoms with E-state index in [9.17, 15) is 0 Å². The molecular formula is C19H28BFO5. The van der Waals surface area contributed by atoms with Crippen molar-refractivity contribution in [1.29, 1.82) is 0 Å². The van der Waals surface area contributed by atoms with E-state index in [-0.39, 0.29) is 0 Å². The molecule has 0 amide bonds. The molecule has 0 atom stereocenters. The third-order valence-corrected chi connectivity index (χ3v) is 5.03. The third-order valence-electron chi connectivity index (χ3n) is 5.03. The first-order valence-corrected chi connectivity index (χ1v) is 8.63. The minimum absolute atomic E-state index is 0.323. The Labute approximate surface area is 155 Å². The summed E-state index contributed by atoms with van der Waals surface area (Å²) in [5.41, 5.74) is -0.830. The number of hydrogen-bond acceptors (Lipinski definition) is 5. The minimum Gasteiger partial charge on any atom is -0.496 e. The van der Waals surface area contributed by atoms with Crippen LogP contribution in [-0.4, -0.2) is 46.3 Å². The van der Waals surface area contributed by atoms with Crippen LogP contribution in [0.2, 0.25) is 0 Å². The fraction of sp³-hybridized carbons (Fsp3) is 0.579. The van der Waals surface area contributed by atoms with Gasteiger partial charge in [0.05, 0.1) is 37.6 Å². The molecule has 2 rings (SSSR count). The molecule has 1 heterocycles. The zero-order valence-corrected chi connectivity index (χ0v) is 16.6. The van der Waals surface area contributed by atoms with Crippen LogP contribution in [0.4, 0.5) is 4.39 Å². The van der Waals surface area contributed by atoms with Crippen molar-refractivity contribution in [1.82, 2.24) is 0 Å². The Balaban J connectivity index is 2.56. The monoisotopic (exact) mass is 366 g/mol. The summed E-state index contributed by atoms with van der Waals surface area (Å²) in [5.74, 6) is 1.03. The Morgan fingerprint density at radius 3 is 1.92 bits per heavy atom. The van der Waals surface area contributed by atoms with E-state index < -0.39 is 24.0 Å². The Morgan fingerprint density at radius 2 is 1.50 bits per heavy atom. The van der Waals surface area contributed by atoms with E-state index in [2.05, 4.69) is 0 Å². The van der Waals surface area contributed by atoms with E-state index in [1.807, 2.05) is 27.7 Å². The molecule has 0 bridgehead atoms. The summed E-state index contributed by atoms with van der Waals surface area (Å²) in [6.45, 7) is 7.89. The quantitative estimate of drug-likeness (QED) is 0.682. The van der Waals surface area contributed by atoms with Gasteiger partial charge in [-0.2, -0.15) is 0 Å². The first-order valence-electron chi connectivity index (χ1n) is 8.63. The molecule has 1 aromatic carbocycles. The lowest BCUT2D eigenvalue weighted by molar-refractivity contribution is 0.00578. The van der Waals surface area contributed by atoms with Gasteiger partial charge in [0.15, 0.2) is 0 Å². The number of hydrogen-bond donors (Lipinski definition) is 0. The van der Waals surface area contributed by atoms with Crippen molar-refractivity contribution in [2.24, 2.45) is 0 Å². The van der Waals surface area contributed by atoms with Gasteiger partial charge in [-0.15, -0.1) is 0 Å². The maximum absolute atomic E-state index is 15.6. The van der Waals surface area contributed by atoms with Gasteiger partial charge in [-0.25, -0.2) is 4.39 Å². The van der Waals surface area contributed by atoms with Crippen LogP contribution in [0, 0.1) is 0 Å². The zero-order valence-electron chi connectivity index (χ0n) is 16.6. The molecule has 0 unspecified atom stereocenters. The summed E-state index contributed by atoms with van der Waals surface area (Å²) < 4.78 is 43.4. The molecular weight excluding hydrogens is 338 g/mol. The largest absolute Gasteiger partial charge is 0.525 e. The molecule has 144 valence electrons. The van der Waals surface area contributed by atoms with Crippen LogP contribution in [0.15, 0.2) is 23.9 Å². The van der Waals surface area contributed by atoms with Gasteiger partial charge >= 0.3 is 7.12 Å². The summed E-state index contributed by atoms with van der Waals surface area (Å²) >= 11 is 0. The van der Waals surface area contributed by atoms with Crippen molar-refractivity contribution in [2.75, 3.05) is 27.9 Å². The lowest BCUT2D eigenvalue weighted by Gasteiger charge is -2.32. The third kappa shape index (κ3) is 3.90. The fourth-order valence-electron chi connectivity index (χ4n) is 2.81. The summed E-state index contributed by atoms with van der Waals surface area (Å²) in [6, 6.07) is 5.33. The van der Waals surface area contributed by atoms with Crippen molar-refractivity contribution in [3.05, 3.63) is 29.5 Å². The minimum atomic E-state index is -1.10. The second-order valence-electron chi connectivity index (χ2n) is 7.20. The van der Waals surface area contributed by atoms with E-state index in [1.165, 1.54) is 0 Å². The Hall–Kier alpha value is -1.57. The average molecular weight is 366 g/mol. The van der Waals surface area contributed by atoms with Crippen molar-refractivity contribution < 1.29 is 27.9 Å². The van der Waals surface area contributed by atoms with Crippen molar-refractivity contribution in [3.8, 4) is 11.5 Å². The average Bonchev–Trinajstić information content (AvgIpc) is 2.82. The van der Waals surface area contributed by atoms with Gasteiger partial charge in [0.2, 0.25) is 0 Å². The van der Waals surface area contributed by atoms with Gasteiger partial charge in [0.25, 0.3) is 0 Å². The normalized spacial score (nSPS) is 19.3. The number of methoxy groups -OCH3 is 3. The molecule has 1 aliphatic heterocycles. The van der Waals surface area contributed by atoms with Gasteiger partial charge < -0.3 is 23.5 Å². The highest BCUT2D eigenvalue weighted by Crippen LogP contribution is 2.43. The van der Waals surface area contributed by atoms with E-state index in [4.69, 9.17) is 23.5 Å². The molecule has 26 heavy (non-hydrogen) atoms. The SMILES string of the molecule is COCCC(=C(F)B1OC(C)(C)C(C)(C)O1)c1c(OC)cccc1OC. The molecule has 0 saturated carbocycles. The van der Waals surface area contributed by atoms with E-state index in [0.717, 1.165) is 0 Å². The summed E-state index contributed by atoms with van der Waals surface area (Å²) in [7, 11) is 3.56. The summed E-state index contributed by atoms with van der Waals surface area (Å²) in [6.07, 6.45) is 0.323. The van der Waals surface area contributed by atoms with Crippen LogP contribution in [0.25, 0.3) is 5.57 Å². The second-order valence-corrected chi connectivity index (χ2v) is 7.20. The lowest BCUT2D eigenvalue weighted by atomic mass is 9.81. The molecule has 1 aromatic rings. The van der Waals surface area contributed by atoms with Crippen LogP contribution < -0.4 is 9.47 Å². The first kappa shape index (κ1) is 20.7. The topological polar surface area (TPSA) is 46.2 Å². The van der Waals surface area contributed by atoms with Gasteiger partial charge in [-0.1, -0.05) is 6.07 Å². The predicted octanol–water partition coefficient (Wildman–Crippen LogP) is 4.05. The molecule has 7 heteroatoms. The lowest BCUT2D eigenvalue weighted by Crippen LogP contribution is -2.41. The zero-order chi connectivity index (χ0) is 19.5. The van der Waals surface area contributed by atoms with Crippen LogP contribution in [0.5, 0.6) is 11.5 Å². The molecule has 0 radical (unpaired) electrons. The molecule has 5 nitrogen and oxygen atoms in total. The molecule has 1 fully saturated rings. The fourth-order valence-corrected chi connectivity index (χ4v) is 2.81. The van der Waals surface area contributed by atoms with Crippen molar-refractivity contribution in [2.45, 2.75) is 45.3 Å². The van der Waals surface area contributed by atoms with E-state index in [0.29, 0.717) is 35.7 Å².